The predicted octanol–water partition coefficient (Wildman–Crippen LogP) is 3.49. The molecule has 112 valence electrons. The van der Waals surface area contributed by atoms with Gasteiger partial charge in [-0.1, -0.05) is 28.1 Å². The third-order valence-electron chi connectivity index (χ3n) is 2.97. The summed E-state index contributed by atoms with van der Waals surface area (Å²) >= 11 is 4.95. The minimum Gasteiger partial charge on any atom is -0.346 e. The molecule has 1 atom stereocenters. The maximum atomic E-state index is 11.9. The maximum Gasteiger partial charge on any atom is 0.240 e. The Morgan fingerprint density at radius 2 is 2.00 bits per heavy atom. The minimum absolute atomic E-state index is 0.158. The van der Waals surface area contributed by atoms with E-state index in [9.17, 15) is 4.79 Å². The molecule has 0 saturated carbocycles. The van der Waals surface area contributed by atoms with Crippen LogP contribution < -0.4 is 11.1 Å². The number of nitrogens with one attached hydrogen (secondary N) is 1. The standard InChI is InChI=1S/C15H18BrN3OS/c1-9(18-14(20)15(2,3)17)13-19-12(8-21-13)10-4-6-11(16)7-5-10/h4-9H,17H2,1-3H3,(H,18,20). The Morgan fingerprint density at radius 1 is 1.38 bits per heavy atom. The summed E-state index contributed by atoms with van der Waals surface area (Å²) in [6, 6.07) is 7.83. The molecule has 0 saturated heterocycles. The molecule has 4 nitrogen and oxygen atoms in total. The van der Waals surface area contributed by atoms with Gasteiger partial charge in [-0.15, -0.1) is 11.3 Å². The summed E-state index contributed by atoms with van der Waals surface area (Å²) < 4.78 is 1.03. The van der Waals surface area contributed by atoms with Crippen molar-refractivity contribution in [1.29, 1.82) is 0 Å². The van der Waals surface area contributed by atoms with Gasteiger partial charge in [-0.05, 0) is 32.9 Å². The molecule has 1 amide bonds. The van der Waals surface area contributed by atoms with E-state index in [0.29, 0.717) is 0 Å². The molecule has 0 fully saturated rings. The molecule has 0 aliphatic heterocycles. The number of carbonyl (C=O) groups is 1. The fraction of sp³-hybridized carbons (Fsp3) is 0.333. The number of halogens is 1. The van der Waals surface area contributed by atoms with Crippen LogP contribution in [-0.4, -0.2) is 16.4 Å². The lowest BCUT2D eigenvalue weighted by atomic mass is 10.1. The summed E-state index contributed by atoms with van der Waals surface area (Å²) in [4.78, 5) is 16.5. The van der Waals surface area contributed by atoms with E-state index in [0.717, 1.165) is 20.7 Å². The van der Waals surface area contributed by atoms with E-state index in [1.165, 1.54) is 11.3 Å². The smallest absolute Gasteiger partial charge is 0.240 e. The Balaban J connectivity index is 2.12. The van der Waals surface area contributed by atoms with Gasteiger partial charge in [-0.3, -0.25) is 4.79 Å². The zero-order valence-corrected chi connectivity index (χ0v) is 14.6. The molecular formula is C15H18BrN3OS. The van der Waals surface area contributed by atoms with E-state index in [2.05, 4.69) is 26.2 Å². The Labute approximate surface area is 136 Å². The first-order valence-corrected chi connectivity index (χ1v) is 8.26. The second-order valence-electron chi connectivity index (χ2n) is 5.49. The minimum atomic E-state index is -0.889. The Bertz CT molecular complexity index is 631. The fourth-order valence-electron chi connectivity index (χ4n) is 1.68. The van der Waals surface area contributed by atoms with E-state index in [1.54, 1.807) is 13.8 Å². The number of amides is 1. The van der Waals surface area contributed by atoms with Gasteiger partial charge >= 0.3 is 0 Å². The summed E-state index contributed by atoms with van der Waals surface area (Å²) in [5.41, 5.74) is 6.86. The van der Waals surface area contributed by atoms with Crippen LogP contribution in [0.3, 0.4) is 0 Å². The van der Waals surface area contributed by atoms with Gasteiger partial charge in [0.15, 0.2) is 0 Å². The molecule has 6 heteroatoms. The molecule has 0 radical (unpaired) electrons. The lowest BCUT2D eigenvalue weighted by Gasteiger charge is -2.20. The third-order valence-corrected chi connectivity index (χ3v) is 4.52. The average molecular weight is 368 g/mol. The van der Waals surface area contributed by atoms with E-state index < -0.39 is 5.54 Å². The zero-order chi connectivity index (χ0) is 15.6. The van der Waals surface area contributed by atoms with Crippen LogP contribution in [0.4, 0.5) is 0 Å². The number of hydrogen-bond donors (Lipinski definition) is 2. The molecule has 1 aromatic heterocycles. The fourth-order valence-corrected chi connectivity index (χ4v) is 2.78. The van der Waals surface area contributed by atoms with Crippen LogP contribution in [0, 0.1) is 0 Å². The monoisotopic (exact) mass is 367 g/mol. The van der Waals surface area contributed by atoms with Gasteiger partial charge in [-0.2, -0.15) is 0 Å². The maximum absolute atomic E-state index is 11.9. The number of thiazole rings is 1. The van der Waals surface area contributed by atoms with Crippen molar-refractivity contribution in [3.8, 4) is 11.3 Å². The molecule has 1 heterocycles. The molecule has 3 N–H and O–H groups in total. The molecule has 0 spiro atoms. The highest BCUT2D eigenvalue weighted by molar-refractivity contribution is 9.10. The largest absolute Gasteiger partial charge is 0.346 e. The predicted molar refractivity (Wildman–Crippen MR) is 90.1 cm³/mol. The van der Waals surface area contributed by atoms with Gasteiger partial charge in [-0.25, -0.2) is 4.98 Å². The van der Waals surface area contributed by atoms with Crippen LogP contribution in [0.15, 0.2) is 34.1 Å². The zero-order valence-electron chi connectivity index (χ0n) is 12.2. The van der Waals surface area contributed by atoms with Gasteiger partial charge < -0.3 is 11.1 Å². The molecule has 2 aromatic rings. The van der Waals surface area contributed by atoms with Gasteiger partial charge in [0, 0.05) is 15.4 Å². The number of nitrogens with two attached hydrogens (primary N) is 1. The molecule has 1 unspecified atom stereocenters. The molecule has 0 aliphatic rings. The molecule has 0 aliphatic carbocycles. The second-order valence-corrected chi connectivity index (χ2v) is 7.30. The van der Waals surface area contributed by atoms with E-state index >= 15 is 0 Å². The second kappa shape index (κ2) is 6.25. The van der Waals surface area contributed by atoms with Crippen molar-refractivity contribution in [3.63, 3.8) is 0 Å². The summed E-state index contributed by atoms with van der Waals surface area (Å²) in [5.74, 6) is -0.185. The van der Waals surface area contributed by atoms with Gasteiger partial charge in [0.2, 0.25) is 5.91 Å². The first-order valence-electron chi connectivity index (χ1n) is 6.58. The Hall–Kier alpha value is -1.24. The summed E-state index contributed by atoms with van der Waals surface area (Å²) in [7, 11) is 0. The average Bonchev–Trinajstić information content (AvgIpc) is 2.88. The summed E-state index contributed by atoms with van der Waals surface area (Å²) in [6.45, 7) is 5.28. The number of hydrogen-bond acceptors (Lipinski definition) is 4. The SMILES string of the molecule is CC(NC(=O)C(C)(C)N)c1nc(-c2ccc(Br)cc2)cs1. The molecule has 21 heavy (non-hydrogen) atoms. The third kappa shape index (κ3) is 4.12. The first kappa shape index (κ1) is 16.1. The Morgan fingerprint density at radius 3 is 2.57 bits per heavy atom. The van der Waals surface area contributed by atoms with E-state index in [-0.39, 0.29) is 11.9 Å². The topological polar surface area (TPSA) is 68.0 Å². The molecule has 0 bridgehead atoms. The number of nitrogens with zero attached hydrogens (tertiary/aromatic N) is 1. The number of benzene rings is 1. The van der Waals surface area contributed by atoms with Crippen LogP contribution in [0.1, 0.15) is 31.8 Å². The Kier molecular flexibility index (Phi) is 4.81. The van der Waals surface area contributed by atoms with Crippen LogP contribution in [0.25, 0.3) is 11.3 Å². The lowest BCUT2D eigenvalue weighted by Crippen LogP contribution is -2.49. The summed E-state index contributed by atoms with van der Waals surface area (Å²) in [5, 5.41) is 5.75. The number of aromatic nitrogens is 1. The van der Waals surface area contributed by atoms with Crippen molar-refractivity contribution in [2.45, 2.75) is 32.4 Å². The van der Waals surface area contributed by atoms with Crippen LogP contribution >= 0.6 is 27.3 Å². The van der Waals surface area contributed by atoms with Crippen LogP contribution in [0.5, 0.6) is 0 Å². The van der Waals surface area contributed by atoms with E-state index in [4.69, 9.17) is 5.73 Å². The number of rotatable bonds is 4. The van der Waals surface area contributed by atoms with E-state index in [1.807, 2.05) is 36.6 Å². The van der Waals surface area contributed by atoms with Gasteiger partial charge in [0.05, 0.1) is 17.3 Å². The van der Waals surface area contributed by atoms with Crippen molar-refractivity contribution in [2.75, 3.05) is 0 Å². The van der Waals surface area contributed by atoms with Crippen LogP contribution in [0.2, 0.25) is 0 Å². The first-order chi connectivity index (χ1) is 9.77. The highest BCUT2D eigenvalue weighted by Crippen LogP contribution is 2.26. The van der Waals surface area contributed by atoms with Gasteiger partial charge in [0.1, 0.15) is 5.01 Å². The van der Waals surface area contributed by atoms with Crippen molar-refractivity contribution >= 4 is 33.2 Å². The highest BCUT2D eigenvalue weighted by Gasteiger charge is 2.24. The van der Waals surface area contributed by atoms with Crippen molar-refractivity contribution in [1.82, 2.24) is 10.3 Å². The van der Waals surface area contributed by atoms with Crippen LogP contribution in [-0.2, 0) is 4.79 Å². The molecular weight excluding hydrogens is 350 g/mol. The highest BCUT2D eigenvalue weighted by atomic mass is 79.9. The molecule has 2 rings (SSSR count). The quantitative estimate of drug-likeness (QED) is 0.868. The van der Waals surface area contributed by atoms with Gasteiger partial charge in [0.25, 0.3) is 0 Å². The van der Waals surface area contributed by atoms with Crippen molar-refractivity contribution in [3.05, 3.63) is 39.1 Å². The number of carbonyl (C=O) groups excluding carboxylic acids is 1. The van der Waals surface area contributed by atoms with Crippen molar-refractivity contribution in [2.24, 2.45) is 5.73 Å². The lowest BCUT2D eigenvalue weighted by molar-refractivity contribution is -0.125. The van der Waals surface area contributed by atoms with Crippen molar-refractivity contribution < 1.29 is 4.79 Å². The normalized spacial score (nSPS) is 13.0. The molecule has 1 aromatic carbocycles. The summed E-state index contributed by atoms with van der Waals surface area (Å²) in [6.07, 6.45) is 0.